The zero-order valence-electron chi connectivity index (χ0n) is 12.6. The van der Waals surface area contributed by atoms with Gasteiger partial charge in [0, 0.05) is 35.5 Å². The lowest BCUT2D eigenvalue weighted by atomic mass is 10.2. The van der Waals surface area contributed by atoms with Crippen LogP contribution < -0.4 is 5.32 Å². The van der Waals surface area contributed by atoms with Gasteiger partial charge in [-0.05, 0) is 36.6 Å². The summed E-state index contributed by atoms with van der Waals surface area (Å²) in [6, 6.07) is 7.28. The van der Waals surface area contributed by atoms with Crippen molar-refractivity contribution in [1.82, 2.24) is 20.0 Å². The number of aromatic nitrogens is 2. The number of carbonyl (C=O) groups excluding carboxylic acids is 1. The molecule has 1 saturated heterocycles. The summed E-state index contributed by atoms with van der Waals surface area (Å²) >= 11 is 12.0. The Labute approximate surface area is 145 Å². The van der Waals surface area contributed by atoms with Gasteiger partial charge < -0.3 is 10.2 Å². The van der Waals surface area contributed by atoms with E-state index in [0.29, 0.717) is 16.6 Å². The van der Waals surface area contributed by atoms with E-state index >= 15 is 0 Å². The molecule has 1 aromatic carbocycles. The van der Waals surface area contributed by atoms with Crippen molar-refractivity contribution in [1.29, 1.82) is 0 Å². The van der Waals surface area contributed by atoms with Crippen molar-refractivity contribution >= 4 is 29.2 Å². The van der Waals surface area contributed by atoms with E-state index in [2.05, 4.69) is 10.4 Å². The Morgan fingerprint density at radius 1 is 1.39 bits per heavy atom. The molecule has 1 aliphatic heterocycles. The van der Waals surface area contributed by atoms with Crippen molar-refractivity contribution in [3.63, 3.8) is 0 Å². The number of hydrogen-bond acceptors (Lipinski definition) is 2. The summed E-state index contributed by atoms with van der Waals surface area (Å²) in [5, 5.41) is 8.31. The van der Waals surface area contributed by atoms with Gasteiger partial charge in [-0.25, -0.2) is 4.79 Å². The summed E-state index contributed by atoms with van der Waals surface area (Å²) in [5.41, 5.74) is 0.854. The molecule has 0 unspecified atom stereocenters. The molecule has 0 radical (unpaired) electrons. The number of likely N-dealkylation sites (tertiary alicyclic amines) is 1. The van der Waals surface area contributed by atoms with Gasteiger partial charge in [0.05, 0.1) is 12.6 Å². The Bertz CT molecular complexity index is 675. The molecule has 2 amide bonds. The van der Waals surface area contributed by atoms with E-state index in [9.17, 15) is 4.79 Å². The molecule has 1 fully saturated rings. The van der Waals surface area contributed by atoms with Crippen molar-refractivity contribution < 1.29 is 4.79 Å². The van der Waals surface area contributed by atoms with Gasteiger partial charge >= 0.3 is 6.03 Å². The number of hydrogen-bond donors (Lipinski definition) is 1. The van der Waals surface area contributed by atoms with Gasteiger partial charge in [-0.2, -0.15) is 5.10 Å². The first kappa shape index (κ1) is 16.1. The van der Waals surface area contributed by atoms with Gasteiger partial charge in [0.2, 0.25) is 0 Å². The van der Waals surface area contributed by atoms with E-state index in [1.165, 1.54) is 0 Å². The van der Waals surface area contributed by atoms with Crippen LogP contribution in [-0.4, -0.2) is 33.3 Å². The maximum absolute atomic E-state index is 12.5. The van der Waals surface area contributed by atoms with Crippen molar-refractivity contribution in [2.45, 2.75) is 32.0 Å². The summed E-state index contributed by atoms with van der Waals surface area (Å²) in [5.74, 6) is 0. The van der Waals surface area contributed by atoms with E-state index < -0.39 is 0 Å². The third-order valence-corrected chi connectivity index (χ3v) is 4.63. The fourth-order valence-electron chi connectivity index (χ4n) is 2.85. The third kappa shape index (κ3) is 3.98. The van der Waals surface area contributed by atoms with Gasteiger partial charge in [0.15, 0.2) is 0 Å². The Morgan fingerprint density at radius 3 is 3.00 bits per heavy atom. The minimum Gasteiger partial charge on any atom is -0.334 e. The van der Waals surface area contributed by atoms with E-state index in [1.54, 1.807) is 18.3 Å². The lowest BCUT2D eigenvalue weighted by Crippen LogP contribution is -2.44. The van der Waals surface area contributed by atoms with Gasteiger partial charge in [0.1, 0.15) is 0 Å². The van der Waals surface area contributed by atoms with Gasteiger partial charge in [0.25, 0.3) is 0 Å². The highest BCUT2D eigenvalue weighted by Gasteiger charge is 2.28. The Kier molecular flexibility index (Phi) is 5.08. The number of rotatable bonds is 4. The highest BCUT2D eigenvalue weighted by atomic mass is 35.5. The van der Waals surface area contributed by atoms with E-state index in [0.717, 1.165) is 31.5 Å². The number of urea groups is 1. The highest BCUT2D eigenvalue weighted by Crippen LogP contribution is 2.22. The molecule has 23 heavy (non-hydrogen) atoms. The maximum atomic E-state index is 12.5. The molecule has 0 aliphatic carbocycles. The second kappa shape index (κ2) is 7.23. The molecule has 5 nitrogen and oxygen atoms in total. The highest BCUT2D eigenvalue weighted by molar-refractivity contribution is 6.35. The number of benzene rings is 1. The first-order valence-electron chi connectivity index (χ1n) is 7.59. The number of nitrogens with one attached hydrogen (secondary N) is 1. The van der Waals surface area contributed by atoms with Crippen LogP contribution in [0.2, 0.25) is 10.0 Å². The smallest absolute Gasteiger partial charge is 0.317 e. The Morgan fingerprint density at radius 2 is 2.26 bits per heavy atom. The molecule has 1 aliphatic rings. The summed E-state index contributed by atoms with van der Waals surface area (Å²) in [6.45, 7) is 1.88. The van der Waals surface area contributed by atoms with Crippen LogP contribution in [-0.2, 0) is 13.1 Å². The normalized spacial score (nSPS) is 17.5. The van der Waals surface area contributed by atoms with E-state index in [1.807, 2.05) is 27.9 Å². The van der Waals surface area contributed by atoms with Crippen molar-refractivity contribution in [3.8, 4) is 0 Å². The molecule has 0 saturated carbocycles. The fourth-order valence-corrected chi connectivity index (χ4v) is 3.33. The van der Waals surface area contributed by atoms with Crippen LogP contribution >= 0.6 is 23.2 Å². The number of amides is 2. The quantitative estimate of drug-likeness (QED) is 0.914. The standard InChI is InChI=1S/C16H18Cl2N4O/c17-13-5-4-12(15(18)9-13)10-19-16(23)22-8-1-3-14(22)11-21-7-2-6-20-21/h2,4-7,9,14H,1,3,8,10-11H2,(H,19,23)/t14-/m0/s1. The van der Waals surface area contributed by atoms with Gasteiger partial charge in [-0.3, -0.25) is 4.68 Å². The minimum absolute atomic E-state index is 0.0642. The monoisotopic (exact) mass is 352 g/mol. The Hall–Kier alpha value is -1.72. The van der Waals surface area contributed by atoms with Crippen molar-refractivity contribution in [2.75, 3.05) is 6.54 Å². The van der Waals surface area contributed by atoms with Crippen molar-refractivity contribution in [3.05, 3.63) is 52.3 Å². The topological polar surface area (TPSA) is 50.2 Å². The van der Waals surface area contributed by atoms with Crippen LogP contribution in [0, 0.1) is 0 Å². The van der Waals surface area contributed by atoms with Crippen LogP contribution in [0.4, 0.5) is 4.79 Å². The van der Waals surface area contributed by atoms with E-state index in [4.69, 9.17) is 23.2 Å². The molecule has 1 N–H and O–H groups in total. The van der Waals surface area contributed by atoms with Crippen molar-refractivity contribution in [2.24, 2.45) is 0 Å². The number of nitrogens with zero attached hydrogens (tertiary/aromatic N) is 3. The molecule has 122 valence electrons. The summed E-state index contributed by atoms with van der Waals surface area (Å²) < 4.78 is 1.87. The molecule has 2 aromatic rings. The second-order valence-electron chi connectivity index (χ2n) is 5.61. The van der Waals surface area contributed by atoms with E-state index in [-0.39, 0.29) is 12.1 Å². The van der Waals surface area contributed by atoms with Crippen LogP contribution in [0.5, 0.6) is 0 Å². The van der Waals surface area contributed by atoms with Crippen LogP contribution in [0.3, 0.4) is 0 Å². The van der Waals surface area contributed by atoms with Gasteiger partial charge in [-0.15, -0.1) is 0 Å². The van der Waals surface area contributed by atoms with Gasteiger partial charge in [-0.1, -0.05) is 29.3 Å². The predicted octanol–water partition coefficient (Wildman–Crippen LogP) is 3.56. The summed E-state index contributed by atoms with van der Waals surface area (Å²) in [6.07, 6.45) is 5.68. The number of halogens is 2. The summed E-state index contributed by atoms with van der Waals surface area (Å²) in [7, 11) is 0. The molecule has 0 bridgehead atoms. The average Bonchev–Trinajstić information content (AvgIpc) is 3.18. The first-order chi connectivity index (χ1) is 11.1. The maximum Gasteiger partial charge on any atom is 0.317 e. The molecule has 1 atom stereocenters. The first-order valence-corrected chi connectivity index (χ1v) is 8.35. The second-order valence-corrected chi connectivity index (χ2v) is 6.46. The van der Waals surface area contributed by atoms with Crippen LogP contribution in [0.25, 0.3) is 0 Å². The molecular weight excluding hydrogens is 335 g/mol. The predicted molar refractivity (Wildman–Crippen MR) is 90.7 cm³/mol. The molecular formula is C16H18Cl2N4O. The SMILES string of the molecule is O=C(NCc1ccc(Cl)cc1Cl)N1CCC[C@H]1Cn1cccn1. The minimum atomic E-state index is -0.0642. The third-order valence-electron chi connectivity index (χ3n) is 4.04. The molecule has 0 spiro atoms. The zero-order valence-corrected chi connectivity index (χ0v) is 14.1. The summed E-state index contributed by atoms with van der Waals surface area (Å²) in [4.78, 5) is 14.3. The molecule has 1 aromatic heterocycles. The lowest BCUT2D eigenvalue weighted by Gasteiger charge is -2.25. The lowest BCUT2D eigenvalue weighted by molar-refractivity contribution is 0.185. The zero-order chi connectivity index (χ0) is 16.2. The Balaban J connectivity index is 1.58. The van der Waals surface area contributed by atoms with Crippen LogP contribution in [0.1, 0.15) is 18.4 Å². The molecule has 3 rings (SSSR count). The fraction of sp³-hybridized carbons (Fsp3) is 0.375. The number of carbonyl (C=O) groups is 1. The molecule has 7 heteroatoms. The van der Waals surface area contributed by atoms with Crippen LogP contribution in [0.15, 0.2) is 36.7 Å². The largest absolute Gasteiger partial charge is 0.334 e. The molecule has 2 heterocycles. The average molecular weight is 353 g/mol.